The number of anilines is 4. The van der Waals surface area contributed by atoms with Gasteiger partial charge in [0.15, 0.2) is 5.82 Å². The van der Waals surface area contributed by atoms with Crippen LogP contribution >= 0.6 is 0 Å². The van der Waals surface area contributed by atoms with Crippen molar-refractivity contribution < 1.29 is 9.18 Å². The summed E-state index contributed by atoms with van der Waals surface area (Å²) in [6.07, 6.45) is 0. The number of nitrogens with one attached hydrogen (secondary N) is 2. The van der Waals surface area contributed by atoms with Crippen molar-refractivity contribution in [3.8, 4) is 0 Å². The molecule has 138 valence electrons. The number of aromatic nitrogens is 2. The van der Waals surface area contributed by atoms with E-state index < -0.39 is 5.82 Å². The molecule has 0 spiro atoms. The third kappa shape index (κ3) is 3.91. The highest BCUT2D eigenvalue weighted by molar-refractivity contribution is 5.98. The quantitative estimate of drug-likeness (QED) is 0.506. The first-order valence-corrected chi connectivity index (χ1v) is 8.73. The summed E-state index contributed by atoms with van der Waals surface area (Å²) in [5.41, 5.74) is 2.02. The molecule has 0 aliphatic heterocycles. The highest BCUT2D eigenvalue weighted by Crippen LogP contribution is 2.23. The number of rotatable bonds is 5. The lowest BCUT2D eigenvalue weighted by molar-refractivity contribution is 0.0948. The van der Waals surface area contributed by atoms with Crippen LogP contribution in [0.25, 0.3) is 0 Å². The van der Waals surface area contributed by atoms with Crippen molar-refractivity contribution in [3.05, 3.63) is 102 Å². The fourth-order valence-corrected chi connectivity index (χ4v) is 2.74. The van der Waals surface area contributed by atoms with E-state index in [0.717, 1.165) is 11.4 Å². The maximum atomic E-state index is 13.2. The van der Waals surface area contributed by atoms with Crippen molar-refractivity contribution in [2.45, 2.75) is 0 Å². The number of benzene rings is 3. The fraction of sp³-hybridized carbons (Fsp3) is 0. The lowest BCUT2D eigenvalue weighted by atomic mass is 10.2. The van der Waals surface area contributed by atoms with Crippen LogP contribution in [0.4, 0.5) is 27.4 Å². The van der Waals surface area contributed by atoms with Gasteiger partial charge in [0.05, 0.1) is 0 Å². The molecule has 0 saturated heterocycles. The second-order valence-corrected chi connectivity index (χ2v) is 6.12. The van der Waals surface area contributed by atoms with Gasteiger partial charge in [0, 0.05) is 23.0 Å². The van der Waals surface area contributed by atoms with Crippen molar-refractivity contribution in [2.24, 2.45) is 0 Å². The zero-order chi connectivity index (χ0) is 19.3. The first kappa shape index (κ1) is 17.5. The Balaban J connectivity index is 1.69. The summed E-state index contributed by atoms with van der Waals surface area (Å²) in [6, 6.07) is 26.2. The van der Waals surface area contributed by atoms with Gasteiger partial charge in [0.25, 0.3) is 5.91 Å². The number of carbonyl (C=O) groups excluding carboxylic acids is 1. The molecule has 0 bridgehead atoms. The van der Waals surface area contributed by atoms with Crippen molar-refractivity contribution >= 4 is 28.9 Å². The Morgan fingerprint density at radius 3 is 1.96 bits per heavy atom. The van der Waals surface area contributed by atoms with Crippen LogP contribution in [0.1, 0.15) is 10.4 Å². The van der Waals surface area contributed by atoms with Gasteiger partial charge in [-0.25, -0.2) is 4.39 Å². The predicted molar refractivity (Wildman–Crippen MR) is 108 cm³/mol. The van der Waals surface area contributed by atoms with Gasteiger partial charge < -0.3 is 10.6 Å². The topological polar surface area (TPSA) is 59.0 Å². The summed E-state index contributed by atoms with van der Waals surface area (Å²) in [5, 5.41) is 10.8. The summed E-state index contributed by atoms with van der Waals surface area (Å²) in [6.45, 7) is 0. The predicted octanol–water partition coefficient (Wildman–Crippen LogP) is 5.20. The van der Waals surface area contributed by atoms with Gasteiger partial charge in [0.1, 0.15) is 11.6 Å². The normalized spacial score (nSPS) is 10.5. The highest BCUT2D eigenvalue weighted by Gasteiger charge is 2.17. The molecule has 4 aromatic rings. The van der Waals surface area contributed by atoms with Crippen molar-refractivity contribution in [1.82, 2.24) is 9.78 Å². The number of nitrogens with zero attached hydrogens (tertiary/aromatic N) is 2. The van der Waals surface area contributed by atoms with E-state index in [2.05, 4.69) is 15.7 Å². The van der Waals surface area contributed by atoms with E-state index in [9.17, 15) is 9.18 Å². The van der Waals surface area contributed by atoms with Gasteiger partial charge in [-0.3, -0.25) is 4.79 Å². The summed E-state index contributed by atoms with van der Waals surface area (Å²) in [5.74, 6) is 0.254. The molecule has 1 aromatic heterocycles. The maximum Gasteiger partial charge on any atom is 0.280 e. The molecule has 2 N–H and O–H groups in total. The van der Waals surface area contributed by atoms with Crippen LogP contribution in [0.15, 0.2) is 91.0 Å². The third-order valence-corrected chi connectivity index (χ3v) is 4.09. The summed E-state index contributed by atoms with van der Waals surface area (Å²) < 4.78 is 14.5. The smallest absolute Gasteiger partial charge is 0.280 e. The first-order chi connectivity index (χ1) is 13.7. The number of hydrogen-bond donors (Lipinski definition) is 2. The molecule has 0 aliphatic rings. The van der Waals surface area contributed by atoms with Crippen LogP contribution in [-0.2, 0) is 0 Å². The Bertz CT molecular complexity index is 1080. The Kier molecular flexibility index (Phi) is 4.84. The molecule has 0 atom stereocenters. The van der Waals surface area contributed by atoms with Crippen LogP contribution in [0.3, 0.4) is 0 Å². The minimum absolute atomic E-state index is 0.340. The SMILES string of the molecule is O=C(c1ccc(F)cc1)n1nc(Nc2ccccc2)cc1Nc1ccccc1. The first-order valence-electron chi connectivity index (χ1n) is 8.73. The van der Waals surface area contributed by atoms with Gasteiger partial charge in [-0.2, -0.15) is 4.68 Å². The number of halogens is 1. The van der Waals surface area contributed by atoms with Crippen molar-refractivity contribution in [1.29, 1.82) is 0 Å². The fourth-order valence-electron chi connectivity index (χ4n) is 2.74. The number of carbonyl (C=O) groups is 1. The molecule has 0 unspecified atom stereocenters. The van der Waals surface area contributed by atoms with E-state index in [1.165, 1.54) is 28.9 Å². The molecule has 5 nitrogen and oxygen atoms in total. The van der Waals surface area contributed by atoms with E-state index in [0.29, 0.717) is 17.2 Å². The van der Waals surface area contributed by atoms with Gasteiger partial charge in [-0.1, -0.05) is 36.4 Å². The Morgan fingerprint density at radius 2 is 1.36 bits per heavy atom. The van der Waals surface area contributed by atoms with Crippen LogP contribution < -0.4 is 10.6 Å². The van der Waals surface area contributed by atoms with Crippen LogP contribution in [0, 0.1) is 5.82 Å². The molecule has 1 heterocycles. The third-order valence-electron chi connectivity index (χ3n) is 4.09. The molecule has 0 aliphatic carbocycles. The molecule has 3 aromatic carbocycles. The van der Waals surface area contributed by atoms with Gasteiger partial charge in [0.2, 0.25) is 0 Å². The zero-order valence-electron chi connectivity index (χ0n) is 14.8. The second kappa shape index (κ2) is 7.75. The van der Waals surface area contributed by atoms with E-state index in [-0.39, 0.29) is 5.91 Å². The van der Waals surface area contributed by atoms with Crippen LogP contribution in [0.2, 0.25) is 0 Å². The molecule has 0 amide bonds. The standard InChI is InChI=1S/C22H17FN4O/c23-17-13-11-16(12-14-17)22(28)27-21(25-19-9-5-2-6-10-19)15-20(26-27)24-18-7-3-1-4-8-18/h1-15,25H,(H,24,26). The van der Waals surface area contributed by atoms with Gasteiger partial charge in [-0.15, -0.1) is 5.10 Å². The maximum absolute atomic E-state index is 13.2. The van der Waals surface area contributed by atoms with E-state index in [1.807, 2.05) is 60.7 Å². The van der Waals surface area contributed by atoms with Crippen LogP contribution in [-0.4, -0.2) is 15.7 Å². The average Bonchev–Trinajstić information content (AvgIpc) is 3.11. The number of para-hydroxylation sites is 2. The minimum atomic E-state index is -0.397. The lowest BCUT2D eigenvalue weighted by Gasteiger charge is -2.08. The monoisotopic (exact) mass is 372 g/mol. The van der Waals surface area contributed by atoms with Crippen molar-refractivity contribution in [2.75, 3.05) is 10.6 Å². The highest BCUT2D eigenvalue weighted by atomic mass is 19.1. The van der Waals surface area contributed by atoms with E-state index >= 15 is 0 Å². The molecule has 0 fully saturated rings. The summed E-state index contributed by atoms with van der Waals surface area (Å²) in [7, 11) is 0. The Morgan fingerprint density at radius 1 is 0.786 bits per heavy atom. The Labute approximate surface area is 161 Å². The lowest BCUT2D eigenvalue weighted by Crippen LogP contribution is -2.16. The summed E-state index contributed by atoms with van der Waals surface area (Å²) in [4.78, 5) is 12.9. The van der Waals surface area contributed by atoms with Crippen molar-refractivity contribution in [3.63, 3.8) is 0 Å². The van der Waals surface area contributed by atoms with Gasteiger partial charge in [-0.05, 0) is 48.5 Å². The number of hydrogen-bond acceptors (Lipinski definition) is 4. The van der Waals surface area contributed by atoms with Crippen LogP contribution in [0.5, 0.6) is 0 Å². The Hall–Kier alpha value is -3.93. The van der Waals surface area contributed by atoms with E-state index in [4.69, 9.17) is 0 Å². The molecular formula is C22H17FN4O. The summed E-state index contributed by atoms with van der Waals surface area (Å²) >= 11 is 0. The largest absolute Gasteiger partial charge is 0.340 e. The molecule has 0 saturated carbocycles. The second-order valence-electron chi connectivity index (χ2n) is 6.12. The molecule has 28 heavy (non-hydrogen) atoms. The molecule has 6 heteroatoms. The molecule has 4 rings (SSSR count). The minimum Gasteiger partial charge on any atom is -0.340 e. The zero-order valence-corrected chi connectivity index (χ0v) is 14.8. The van der Waals surface area contributed by atoms with Gasteiger partial charge >= 0.3 is 0 Å². The molecular weight excluding hydrogens is 355 g/mol. The average molecular weight is 372 g/mol. The van der Waals surface area contributed by atoms with E-state index in [1.54, 1.807) is 6.07 Å². The molecule has 0 radical (unpaired) electrons.